The minimum atomic E-state index is -0.738. The van der Waals surface area contributed by atoms with Crippen LogP contribution in [0, 0.1) is 11.8 Å². The van der Waals surface area contributed by atoms with Crippen molar-refractivity contribution in [2.45, 2.75) is 71.9 Å². The van der Waals surface area contributed by atoms with E-state index in [4.69, 9.17) is 18.9 Å². The van der Waals surface area contributed by atoms with Crippen molar-refractivity contribution in [3.8, 4) is 11.5 Å². The maximum absolute atomic E-state index is 14.0. The SMILES string of the molecule is COCCCOc1cc(C(=O)N(CC2CN(C(=O)OC(C)(C)C)CC2CNC(=O)C(C)(C)c2ccccc2)C(C)C)ccc1OC. The zero-order chi connectivity index (χ0) is 34.1. The average Bonchev–Trinajstić information content (AvgIpc) is 3.42. The quantitative estimate of drug-likeness (QED) is 0.271. The van der Waals surface area contributed by atoms with Gasteiger partial charge in [0.05, 0.1) is 19.1 Å². The number of nitrogens with zero attached hydrogens (tertiary/aromatic N) is 2. The molecule has 1 N–H and O–H groups in total. The summed E-state index contributed by atoms with van der Waals surface area (Å²) in [5.74, 6) is 0.605. The third kappa shape index (κ3) is 9.85. The fraction of sp³-hybridized carbons (Fsp3) is 0.583. The topological polar surface area (TPSA) is 107 Å². The van der Waals surface area contributed by atoms with Gasteiger partial charge in [0.2, 0.25) is 5.91 Å². The van der Waals surface area contributed by atoms with E-state index >= 15 is 0 Å². The molecule has 254 valence electrons. The van der Waals surface area contributed by atoms with Crippen molar-refractivity contribution in [1.82, 2.24) is 15.1 Å². The number of methoxy groups -OCH3 is 2. The Morgan fingerprint density at radius 1 is 0.935 bits per heavy atom. The van der Waals surface area contributed by atoms with Gasteiger partial charge in [0.1, 0.15) is 5.60 Å². The van der Waals surface area contributed by atoms with Gasteiger partial charge in [-0.3, -0.25) is 9.59 Å². The number of hydrogen-bond acceptors (Lipinski definition) is 7. The lowest BCUT2D eigenvalue weighted by molar-refractivity contribution is -0.125. The largest absolute Gasteiger partial charge is 0.493 e. The van der Waals surface area contributed by atoms with Crippen LogP contribution in [0.25, 0.3) is 0 Å². The van der Waals surface area contributed by atoms with Crippen molar-refractivity contribution in [3.63, 3.8) is 0 Å². The summed E-state index contributed by atoms with van der Waals surface area (Å²) in [7, 11) is 3.21. The van der Waals surface area contributed by atoms with Gasteiger partial charge in [-0.15, -0.1) is 0 Å². The van der Waals surface area contributed by atoms with E-state index in [1.807, 2.05) is 83.7 Å². The minimum Gasteiger partial charge on any atom is -0.493 e. The lowest BCUT2D eigenvalue weighted by Crippen LogP contribution is -2.46. The number of carbonyl (C=O) groups excluding carboxylic acids is 3. The second-order valence-electron chi connectivity index (χ2n) is 13.7. The van der Waals surface area contributed by atoms with Crippen molar-refractivity contribution in [1.29, 1.82) is 0 Å². The number of ether oxygens (including phenoxy) is 4. The number of amides is 3. The predicted octanol–water partition coefficient (Wildman–Crippen LogP) is 5.54. The maximum Gasteiger partial charge on any atom is 0.410 e. The molecule has 0 spiro atoms. The van der Waals surface area contributed by atoms with Crippen LogP contribution in [-0.4, -0.2) is 93.0 Å². The van der Waals surface area contributed by atoms with Crippen LogP contribution in [0.1, 0.15) is 70.8 Å². The van der Waals surface area contributed by atoms with Gasteiger partial charge < -0.3 is 34.1 Å². The summed E-state index contributed by atoms with van der Waals surface area (Å²) in [4.78, 5) is 44.1. The van der Waals surface area contributed by atoms with Gasteiger partial charge in [0.15, 0.2) is 11.5 Å². The smallest absolute Gasteiger partial charge is 0.410 e. The average molecular weight is 640 g/mol. The van der Waals surface area contributed by atoms with E-state index in [-0.39, 0.29) is 29.7 Å². The Morgan fingerprint density at radius 2 is 1.61 bits per heavy atom. The molecule has 10 heteroatoms. The molecule has 0 aromatic heterocycles. The molecular weight excluding hydrogens is 586 g/mol. The maximum atomic E-state index is 14.0. The van der Waals surface area contributed by atoms with Gasteiger partial charge in [-0.2, -0.15) is 0 Å². The van der Waals surface area contributed by atoms with Crippen LogP contribution in [0.4, 0.5) is 4.79 Å². The summed E-state index contributed by atoms with van der Waals surface area (Å²) in [6.45, 7) is 15.8. The molecule has 0 saturated carbocycles. The molecule has 2 unspecified atom stereocenters. The molecule has 0 aliphatic carbocycles. The third-order valence-electron chi connectivity index (χ3n) is 8.29. The van der Waals surface area contributed by atoms with Crippen LogP contribution < -0.4 is 14.8 Å². The molecule has 3 amide bonds. The van der Waals surface area contributed by atoms with Crippen molar-refractivity contribution >= 4 is 17.9 Å². The Bertz CT molecular complexity index is 1310. The molecule has 2 aromatic rings. The Hall–Kier alpha value is -3.79. The van der Waals surface area contributed by atoms with Crippen molar-refractivity contribution in [2.24, 2.45) is 11.8 Å². The summed E-state index contributed by atoms with van der Waals surface area (Å²) in [6.07, 6.45) is 0.301. The highest BCUT2D eigenvalue weighted by Crippen LogP contribution is 2.31. The summed E-state index contributed by atoms with van der Waals surface area (Å²) in [6, 6.07) is 14.7. The second-order valence-corrected chi connectivity index (χ2v) is 13.7. The van der Waals surface area contributed by atoms with E-state index < -0.39 is 17.1 Å². The minimum absolute atomic E-state index is 0.0902. The van der Waals surface area contributed by atoms with Gasteiger partial charge in [-0.25, -0.2) is 4.79 Å². The number of hydrogen-bond donors (Lipinski definition) is 1. The highest BCUT2D eigenvalue weighted by molar-refractivity contribution is 5.95. The third-order valence-corrected chi connectivity index (χ3v) is 8.29. The van der Waals surface area contributed by atoms with E-state index in [2.05, 4.69) is 5.32 Å². The first kappa shape index (κ1) is 36.7. The first-order chi connectivity index (χ1) is 21.7. The van der Waals surface area contributed by atoms with Crippen molar-refractivity contribution in [2.75, 3.05) is 53.6 Å². The van der Waals surface area contributed by atoms with Crippen molar-refractivity contribution in [3.05, 3.63) is 59.7 Å². The Morgan fingerprint density at radius 3 is 2.22 bits per heavy atom. The van der Waals surface area contributed by atoms with E-state index in [0.717, 1.165) is 5.56 Å². The molecule has 0 bridgehead atoms. The van der Waals surface area contributed by atoms with Gasteiger partial charge in [-0.05, 0) is 72.2 Å². The van der Waals surface area contributed by atoms with E-state index in [1.165, 1.54) is 0 Å². The first-order valence-corrected chi connectivity index (χ1v) is 16.1. The molecule has 1 fully saturated rings. The second kappa shape index (κ2) is 16.2. The van der Waals surface area contributed by atoms with Crippen LogP contribution in [0.5, 0.6) is 11.5 Å². The molecule has 2 atom stereocenters. The summed E-state index contributed by atoms with van der Waals surface area (Å²) < 4.78 is 22.2. The summed E-state index contributed by atoms with van der Waals surface area (Å²) in [5, 5.41) is 3.15. The van der Waals surface area contributed by atoms with Gasteiger partial charge in [0.25, 0.3) is 5.91 Å². The number of benzene rings is 2. The zero-order valence-electron chi connectivity index (χ0n) is 29.1. The van der Waals surface area contributed by atoms with E-state index in [1.54, 1.807) is 37.3 Å². The Kier molecular flexibility index (Phi) is 12.9. The molecule has 3 rings (SSSR count). The lowest BCUT2D eigenvalue weighted by atomic mass is 9.83. The Balaban J connectivity index is 1.82. The van der Waals surface area contributed by atoms with Crippen LogP contribution in [-0.2, 0) is 19.7 Å². The Labute approximate surface area is 274 Å². The highest BCUT2D eigenvalue weighted by Gasteiger charge is 2.40. The zero-order valence-corrected chi connectivity index (χ0v) is 29.1. The number of nitrogens with one attached hydrogen (secondary N) is 1. The standard InChI is InChI=1S/C36H53N3O7/c1-25(2)39(32(40)26-16-17-30(44-9)31(20-26)45-19-13-18-43-8)24-28-23-38(34(42)46-35(3,4)5)22-27(28)21-37-33(41)36(6,7)29-14-11-10-12-15-29/h10-12,14-17,20,25,27-28H,13,18-19,21-24H2,1-9H3,(H,37,41). The van der Waals surface area contributed by atoms with Crippen LogP contribution >= 0.6 is 0 Å². The van der Waals surface area contributed by atoms with Gasteiger partial charge in [-0.1, -0.05) is 30.3 Å². The molecular formula is C36H53N3O7. The van der Waals surface area contributed by atoms with Gasteiger partial charge in [0, 0.05) is 69.8 Å². The first-order valence-electron chi connectivity index (χ1n) is 16.1. The molecule has 46 heavy (non-hydrogen) atoms. The highest BCUT2D eigenvalue weighted by atomic mass is 16.6. The molecule has 0 radical (unpaired) electrons. The fourth-order valence-electron chi connectivity index (χ4n) is 5.54. The van der Waals surface area contributed by atoms with Crippen LogP contribution in [0.3, 0.4) is 0 Å². The fourth-order valence-corrected chi connectivity index (χ4v) is 5.54. The van der Waals surface area contributed by atoms with Crippen LogP contribution in [0.2, 0.25) is 0 Å². The molecule has 1 saturated heterocycles. The monoisotopic (exact) mass is 639 g/mol. The molecule has 1 aliphatic rings. The number of carbonyl (C=O) groups is 3. The van der Waals surface area contributed by atoms with Crippen molar-refractivity contribution < 1.29 is 33.3 Å². The van der Waals surface area contributed by atoms with E-state index in [0.29, 0.717) is 62.9 Å². The number of rotatable bonds is 14. The molecule has 10 nitrogen and oxygen atoms in total. The van der Waals surface area contributed by atoms with Crippen LogP contribution in [0.15, 0.2) is 48.5 Å². The van der Waals surface area contributed by atoms with Gasteiger partial charge >= 0.3 is 6.09 Å². The summed E-state index contributed by atoms with van der Waals surface area (Å²) >= 11 is 0. The lowest BCUT2D eigenvalue weighted by Gasteiger charge is -2.32. The number of likely N-dealkylation sites (tertiary alicyclic amines) is 1. The normalized spacial score (nSPS) is 16.7. The molecule has 2 aromatic carbocycles. The van der Waals surface area contributed by atoms with E-state index in [9.17, 15) is 14.4 Å². The summed E-state index contributed by atoms with van der Waals surface area (Å²) in [5.41, 5.74) is 0.0188. The predicted molar refractivity (Wildman–Crippen MR) is 178 cm³/mol. The molecule has 1 aliphatic heterocycles. The molecule has 1 heterocycles.